The van der Waals surface area contributed by atoms with E-state index in [0.29, 0.717) is 5.02 Å². The molecule has 1 N–H and O–H groups in total. The van der Waals surface area contributed by atoms with Crippen LogP contribution in [0.2, 0.25) is 5.02 Å². The SMILES string of the molecule is CN(C(=O)CCl)c1cc(Cl)ccc1C(=O)O. The minimum atomic E-state index is -1.12. The first kappa shape index (κ1) is 12.8. The van der Waals surface area contributed by atoms with Gasteiger partial charge >= 0.3 is 5.97 Å². The fourth-order valence-corrected chi connectivity index (χ4v) is 1.53. The van der Waals surface area contributed by atoms with Crippen molar-refractivity contribution in [3.63, 3.8) is 0 Å². The summed E-state index contributed by atoms with van der Waals surface area (Å²) < 4.78 is 0. The van der Waals surface area contributed by atoms with Gasteiger partial charge in [0.1, 0.15) is 5.88 Å². The molecule has 0 aromatic heterocycles. The van der Waals surface area contributed by atoms with Gasteiger partial charge < -0.3 is 10.0 Å². The predicted molar refractivity (Wildman–Crippen MR) is 62.5 cm³/mol. The molecule has 0 atom stereocenters. The number of hydrogen-bond acceptors (Lipinski definition) is 2. The quantitative estimate of drug-likeness (QED) is 0.850. The monoisotopic (exact) mass is 261 g/mol. The minimum Gasteiger partial charge on any atom is -0.478 e. The lowest BCUT2D eigenvalue weighted by molar-refractivity contribution is -0.116. The van der Waals surface area contributed by atoms with Gasteiger partial charge in [0.25, 0.3) is 0 Å². The first-order chi connectivity index (χ1) is 7.47. The lowest BCUT2D eigenvalue weighted by Gasteiger charge is -2.18. The van der Waals surface area contributed by atoms with Gasteiger partial charge in [0.2, 0.25) is 5.91 Å². The van der Waals surface area contributed by atoms with Crippen LogP contribution < -0.4 is 4.90 Å². The zero-order valence-corrected chi connectivity index (χ0v) is 9.92. The Kier molecular flexibility index (Phi) is 4.15. The number of carboxylic acids is 1. The first-order valence-electron chi connectivity index (χ1n) is 4.32. The summed E-state index contributed by atoms with van der Waals surface area (Å²) in [7, 11) is 1.45. The molecule has 1 aromatic carbocycles. The second-order valence-corrected chi connectivity index (χ2v) is 3.76. The van der Waals surface area contributed by atoms with E-state index in [-0.39, 0.29) is 17.1 Å². The van der Waals surface area contributed by atoms with Crippen molar-refractivity contribution in [1.82, 2.24) is 0 Å². The van der Waals surface area contributed by atoms with Gasteiger partial charge in [-0.1, -0.05) is 11.6 Å². The fourth-order valence-electron chi connectivity index (χ4n) is 1.19. The van der Waals surface area contributed by atoms with E-state index >= 15 is 0 Å². The number of benzene rings is 1. The maximum absolute atomic E-state index is 11.4. The van der Waals surface area contributed by atoms with Crippen LogP contribution in [0.3, 0.4) is 0 Å². The minimum absolute atomic E-state index is 0.00497. The normalized spacial score (nSPS) is 9.94. The number of aromatic carboxylic acids is 1. The fraction of sp³-hybridized carbons (Fsp3) is 0.200. The van der Waals surface area contributed by atoms with Crippen LogP contribution in [-0.2, 0) is 4.79 Å². The Balaban J connectivity index is 3.24. The van der Waals surface area contributed by atoms with Crippen molar-refractivity contribution in [2.75, 3.05) is 17.8 Å². The number of alkyl halides is 1. The maximum atomic E-state index is 11.4. The zero-order chi connectivity index (χ0) is 12.3. The topological polar surface area (TPSA) is 57.6 Å². The highest BCUT2D eigenvalue weighted by Gasteiger charge is 2.17. The van der Waals surface area contributed by atoms with Crippen LogP contribution in [0, 0.1) is 0 Å². The molecule has 1 amide bonds. The van der Waals surface area contributed by atoms with Crippen LogP contribution in [0.25, 0.3) is 0 Å². The van der Waals surface area contributed by atoms with Crippen molar-refractivity contribution in [3.8, 4) is 0 Å². The third-order valence-corrected chi connectivity index (χ3v) is 2.50. The van der Waals surface area contributed by atoms with Gasteiger partial charge in [-0.15, -0.1) is 11.6 Å². The molecule has 4 nitrogen and oxygen atoms in total. The highest BCUT2D eigenvalue weighted by molar-refractivity contribution is 6.32. The zero-order valence-electron chi connectivity index (χ0n) is 8.41. The van der Waals surface area contributed by atoms with Crippen molar-refractivity contribution >= 4 is 40.8 Å². The third-order valence-electron chi connectivity index (χ3n) is 2.04. The number of nitrogens with zero attached hydrogens (tertiary/aromatic N) is 1. The summed E-state index contributed by atoms with van der Waals surface area (Å²) in [5, 5.41) is 9.30. The van der Waals surface area contributed by atoms with Crippen LogP contribution in [0.15, 0.2) is 18.2 Å². The summed E-state index contributed by atoms with van der Waals surface area (Å²) in [6.45, 7) is 0. The molecule has 0 aliphatic heterocycles. The number of anilines is 1. The Morgan fingerprint density at radius 3 is 2.56 bits per heavy atom. The van der Waals surface area contributed by atoms with Crippen molar-refractivity contribution in [3.05, 3.63) is 28.8 Å². The van der Waals surface area contributed by atoms with Gasteiger partial charge in [-0.25, -0.2) is 4.79 Å². The predicted octanol–water partition coefficient (Wildman–Crippen LogP) is 2.24. The second-order valence-electron chi connectivity index (χ2n) is 3.05. The van der Waals surface area contributed by atoms with Gasteiger partial charge in [0.05, 0.1) is 11.3 Å². The van der Waals surface area contributed by atoms with Gasteiger partial charge in [-0.05, 0) is 18.2 Å². The van der Waals surface area contributed by atoms with E-state index in [0.717, 1.165) is 0 Å². The van der Waals surface area contributed by atoms with E-state index in [1.165, 1.54) is 30.1 Å². The largest absolute Gasteiger partial charge is 0.478 e. The van der Waals surface area contributed by atoms with Crippen LogP contribution in [0.4, 0.5) is 5.69 Å². The molecule has 0 unspecified atom stereocenters. The molecule has 0 spiro atoms. The third kappa shape index (κ3) is 2.65. The van der Waals surface area contributed by atoms with Gasteiger partial charge in [-0.3, -0.25) is 4.79 Å². The number of rotatable bonds is 3. The highest BCUT2D eigenvalue weighted by Crippen LogP contribution is 2.24. The van der Waals surface area contributed by atoms with E-state index in [2.05, 4.69) is 0 Å². The number of carbonyl (C=O) groups excluding carboxylic acids is 1. The van der Waals surface area contributed by atoms with E-state index in [9.17, 15) is 9.59 Å². The summed E-state index contributed by atoms with van der Waals surface area (Å²) >= 11 is 11.1. The Labute approximate surface area is 102 Å². The van der Waals surface area contributed by atoms with Crippen LogP contribution in [0.1, 0.15) is 10.4 Å². The van der Waals surface area contributed by atoms with Crippen molar-refractivity contribution in [2.24, 2.45) is 0 Å². The van der Waals surface area contributed by atoms with Crippen LogP contribution >= 0.6 is 23.2 Å². The molecule has 6 heteroatoms. The summed E-state index contributed by atoms with van der Waals surface area (Å²) in [5.74, 6) is -1.74. The number of carboxylic acid groups (broad SMARTS) is 1. The van der Waals surface area contributed by atoms with E-state index in [4.69, 9.17) is 28.3 Å². The Morgan fingerprint density at radius 2 is 2.06 bits per heavy atom. The van der Waals surface area contributed by atoms with Crippen molar-refractivity contribution in [2.45, 2.75) is 0 Å². The lowest BCUT2D eigenvalue weighted by Crippen LogP contribution is -2.28. The van der Waals surface area contributed by atoms with E-state index < -0.39 is 11.9 Å². The smallest absolute Gasteiger partial charge is 0.337 e. The molecular formula is C10H9Cl2NO3. The molecule has 0 aliphatic carbocycles. The first-order valence-corrected chi connectivity index (χ1v) is 5.24. The average molecular weight is 262 g/mol. The highest BCUT2D eigenvalue weighted by atomic mass is 35.5. The molecular weight excluding hydrogens is 253 g/mol. The maximum Gasteiger partial charge on any atom is 0.337 e. The standard InChI is InChI=1S/C10H9Cl2NO3/c1-13(9(14)5-11)8-4-6(12)2-3-7(8)10(15)16/h2-4H,5H2,1H3,(H,15,16). The second kappa shape index (κ2) is 5.18. The van der Waals surface area contributed by atoms with Crippen LogP contribution in [-0.4, -0.2) is 29.9 Å². The van der Waals surface area contributed by atoms with Crippen molar-refractivity contribution in [1.29, 1.82) is 0 Å². The molecule has 16 heavy (non-hydrogen) atoms. The molecule has 0 fully saturated rings. The summed E-state index contributed by atoms with van der Waals surface area (Å²) in [4.78, 5) is 23.5. The van der Waals surface area contributed by atoms with Gasteiger partial charge in [0, 0.05) is 12.1 Å². The molecule has 86 valence electrons. The van der Waals surface area contributed by atoms with Crippen LogP contribution in [0.5, 0.6) is 0 Å². The average Bonchev–Trinajstić information content (AvgIpc) is 2.26. The summed E-state index contributed by atoms with van der Waals surface area (Å²) in [6, 6.07) is 4.21. The summed E-state index contributed by atoms with van der Waals surface area (Å²) in [6.07, 6.45) is 0. The van der Waals surface area contributed by atoms with E-state index in [1.807, 2.05) is 0 Å². The Morgan fingerprint density at radius 1 is 1.44 bits per heavy atom. The molecule has 0 heterocycles. The van der Waals surface area contributed by atoms with E-state index in [1.54, 1.807) is 0 Å². The number of hydrogen-bond donors (Lipinski definition) is 1. The Hall–Kier alpha value is -1.26. The van der Waals surface area contributed by atoms with Crippen molar-refractivity contribution < 1.29 is 14.7 Å². The molecule has 0 bridgehead atoms. The molecule has 0 aliphatic rings. The Bertz CT molecular complexity index is 434. The molecule has 1 aromatic rings. The molecule has 1 rings (SSSR count). The molecule has 0 radical (unpaired) electrons. The number of halogens is 2. The van der Waals surface area contributed by atoms with Gasteiger partial charge in [-0.2, -0.15) is 0 Å². The van der Waals surface area contributed by atoms with Gasteiger partial charge in [0.15, 0.2) is 0 Å². The summed E-state index contributed by atoms with van der Waals surface area (Å²) in [5.41, 5.74) is 0.232. The number of amides is 1. The molecule has 0 saturated carbocycles. The molecule has 0 saturated heterocycles. The lowest BCUT2D eigenvalue weighted by atomic mass is 10.1. The number of carbonyl (C=O) groups is 2.